The van der Waals surface area contributed by atoms with Crippen LogP contribution in [0.2, 0.25) is 0 Å². The van der Waals surface area contributed by atoms with Crippen LogP contribution in [-0.4, -0.2) is 309 Å². The zero-order chi connectivity index (χ0) is 102. The number of unbranched alkanes of at least 4 members (excludes halogenated alkanes) is 2. The first-order chi connectivity index (χ1) is 64.2. The van der Waals surface area contributed by atoms with Gasteiger partial charge in [0.25, 0.3) is 0 Å². The monoisotopic (exact) mass is 1960 g/mol. The number of aliphatic hydroxyl groups excluding tert-OH is 2. The summed E-state index contributed by atoms with van der Waals surface area (Å²) < 4.78 is 0. The molecular weight excluding hydrogens is 1820 g/mol. The zero-order valence-corrected chi connectivity index (χ0v) is 79.5. The van der Waals surface area contributed by atoms with Crippen molar-refractivity contribution < 1.29 is 117 Å². The van der Waals surface area contributed by atoms with Crippen molar-refractivity contribution in [2.75, 3.05) is 63.3 Å². The molecule has 0 aliphatic rings. The number of aliphatic carboxylic acids is 2. The second-order valence-corrected chi connectivity index (χ2v) is 35.3. The van der Waals surface area contributed by atoms with E-state index in [1.807, 2.05) is 6.26 Å². The fourth-order valence-electron chi connectivity index (χ4n) is 13.3. The summed E-state index contributed by atoms with van der Waals surface area (Å²) in [5.74, 6) is -20.7. The second kappa shape index (κ2) is 64.5. The molecule has 37 N–H and O–H groups in total. The van der Waals surface area contributed by atoms with Gasteiger partial charge < -0.3 is 155 Å². The van der Waals surface area contributed by atoms with Gasteiger partial charge in [0.05, 0.1) is 31.7 Å². The van der Waals surface area contributed by atoms with E-state index in [0.717, 1.165) is 6.92 Å². The minimum atomic E-state index is -2.11. The molecule has 0 saturated heterocycles. The smallest absolute Gasteiger partial charge is 0.326 e. The highest BCUT2D eigenvalue weighted by atomic mass is 32.2. The number of aromatic hydroxyl groups is 2. The summed E-state index contributed by atoms with van der Waals surface area (Å²) in [6.45, 7) is 7.48. The fourth-order valence-corrected chi connectivity index (χ4v) is 14.2. The van der Waals surface area contributed by atoms with Gasteiger partial charge in [-0.3, -0.25) is 92.3 Å². The molecule has 0 aliphatic carbocycles. The van der Waals surface area contributed by atoms with Gasteiger partial charge in [-0.05, 0) is 194 Å². The number of nitrogens with one attached hydrogen (secondary N) is 19. The van der Waals surface area contributed by atoms with Gasteiger partial charge in [0.15, 0.2) is 11.9 Å². The molecule has 762 valence electrons. The Morgan fingerprint density at radius 3 is 1.13 bits per heavy atom. The van der Waals surface area contributed by atoms with Crippen LogP contribution in [0.1, 0.15) is 162 Å². The Morgan fingerprint density at radius 2 is 0.728 bits per heavy atom. The van der Waals surface area contributed by atoms with Gasteiger partial charge in [0.2, 0.25) is 94.5 Å². The number of carbonyl (C=O) groups is 18. The SMILES string of the molecule is CSCC[C@H](NC(=O)[C@H](CO)NC(=O)[C@H](CCCNC(=N)N)NC(=O)[C@H](CC(C)C)NC(=O)[C@H](C)NC(=O)[C@H](CCCCN)NC(=O)[C@H](CCC(N)=O)NC(=O)[C@H](Cc1ccc(O)cc1)NC(=O)CNC(=O)[C@@H](N)CCSC)C(=O)N[C@H](C(=O)N[C@@H](CC(=O)O)C(=O)N[C@@H](CCCCN)C(=O)N[C@@H](Cc1ccc(O)cc1)C(=O)N[C@@H](CCCNC(=N)N)C(=O)N[C@@H](CC(C)C)C(=O)O)[C@@H](C)O. The standard InChI is InChI=1S/C85H141N25O24S2/c1-44(2)37-59(105-69(119)46(5)97-71(121)53(15-9-11-31-86)99-75(125)57(27-28-65(89)115)103-78(128)60(39-48-19-23-50(113)24-20-48)98-66(116)42-96-70(120)52(88)29-35-135-7)77(127)101-56(18-14-34-95-85(92)93)74(124)109-64(43-111)81(131)104-58(30-36-136-8)76(126)110-68(47(6)112)82(132)107-62(41-67(117)118)80(130)100-54(16-10-12-32-87)72(122)106-61(40-49-21-25-51(114)26-22-49)79(129)102-55(17-13-33-94-84(90)91)73(123)108-63(83(133)134)38-45(3)4/h19-26,44-47,52-64,68,111-114H,9-18,27-43,86-88H2,1-8H3,(H2,89,115)(H,96,120)(H,97,121)(H,98,116)(H,99,125)(H,100,130)(H,101,127)(H,102,129)(H,103,128)(H,104,131)(H,105,119)(H,106,122)(H,107,132)(H,108,123)(H,109,124)(H,110,126)(H,117,118)(H,133,134)(H4,90,91,94)(H4,92,93,95)/t46-,47+,52-,53-,54-,55-,56-,57-,58-,59-,60-,61-,62-,63-,64-,68-/m0/s1. The Hall–Kier alpha value is -12.5. The van der Waals surface area contributed by atoms with Gasteiger partial charge >= 0.3 is 11.9 Å². The summed E-state index contributed by atoms with van der Waals surface area (Å²) in [5, 5.41) is 119. The molecule has 16 atom stereocenters. The third-order valence-electron chi connectivity index (χ3n) is 20.7. The molecule has 0 aromatic heterocycles. The molecular formula is C85H141N25O24S2. The number of carbonyl (C=O) groups excluding carboxylic acids is 16. The molecule has 0 fully saturated rings. The minimum Gasteiger partial charge on any atom is -0.508 e. The summed E-state index contributed by atoms with van der Waals surface area (Å²) >= 11 is 2.62. The molecule has 49 nitrogen and oxygen atoms in total. The number of phenolic OH excluding ortho intramolecular Hbond substituents is 2. The van der Waals surface area contributed by atoms with E-state index in [1.165, 1.54) is 79.0 Å². The predicted octanol–water partition coefficient (Wildman–Crippen LogP) is -7.29. The number of carboxylic acids is 2. The van der Waals surface area contributed by atoms with E-state index in [4.69, 9.17) is 45.2 Å². The van der Waals surface area contributed by atoms with Gasteiger partial charge in [0, 0.05) is 32.4 Å². The molecule has 0 aliphatic heterocycles. The van der Waals surface area contributed by atoms with Gasteiger partial charge in [-0.15, -0.1) is 0 Å². The number of thioether (sulfide) groups is 2. The molecule has 16 amide bonds. The molecule has 0 heterocycles. The van der Waals surface area contributed by atoms with E-state index in [-0.39, 0.29) is 145 Å². The third-order valence-corrected chi connectivity index (χ3v) is 22.0. The van der Waals surface area contributed by atoms with Crippen LogP contribution in [0.4, 0.5) is 0 Å². The quantitative estimate of drug-likeness (QED) is 0.0166. The number of aliphatic hydroxyl groups is 2. The number of hydrogen-bond acceptors (Lipinski definition) is 29. The summed E-state index contributed by atoms with van der Waals surface area (Å²) in [6.07, 6.45) is -1.06. The van der Waals surface area contributed by atoms with Crippen LogP contribution >= 0.6 is 23.5 Å². The number of primary amides is 1. The van der Waals surface area contributed by atoms with Crippen molar-refractivity contribution in [3.8, 4) is 11.5 Å². The lowest BCUT2D eigenvalue weighted by Crippen LogP contribution is -2.62. The van der Waals surface area contributed by atoms with Crippen molar-refractivity contribution in [2.45, 2.75) is 260 Å². The Kier molecular flexibility index (Phi) is 56.7. The predicted molar refractivity (Wildman–Crippen MR) is 503 cm³/mol. The number of rotatable bonds is 68. The number of hydrogen-bond donors (Lipinski definition) is 31. The number of phenols is 2. The summed E-state index contributed by atoms with van der Waals surface area (Å²) in [6, 6.07) is -13.2. The number of nitrogens with two attached hydrogens (primary N) is 6. The number of amides is 16. The maximum Gasteiger partial charge on any atom is 0.326 e. The van der Waals surface area contributed by atoms with Crippen LogP contribution < -0.4 is 125 Å². The van der Waals surface area contributed by atoms with E-state index in [9.17, 15) is 117 Å². The summed E-state index contributed by atoms with van der Waals surface area (Å²) in [7, 11) is 0. The molecule has 0 radical (unpaired) electrons. The highest BCUT2D eigenvalue weighted by molar-refractivity contribution is 7.98. The average Bonchev–Trinajstić information content (AvgIpc) is 0.833. The van der Waals surface area contributed by atoms with Crippen molar-refractivity contribution in [1.82, 2.24) is 90.4 Å². The molecule has 0 spiro atoms. The Balaban J connectivity index is 2.52. The van der Waals surface area contributed by atoms with E-state index < -0.39 is 248 Å². The number of benzene rings is 2. The Labute approximate surface area is 797 Å². The molecule has 136 heavy (non-hydrogen) atoms. The summed E-state index contributed by atoms with van der Waals surface area (Å²) in [5.41, 5.74) is 34.8. The maximum absolute atomic E-state index is 14.6. The first-order valence-electron chi connectivity index (χ1n) is 44.6. The van der Waals surface area contributed by atoms with Gasteiger partial charge in [0.1, 0.15) is 96.1 Å². The Bertz CT molecular complexity index is 4280. The van der Waals surface area contributed by atoms with E-state index >= 15 is 0 Å². The number of carboxylic acid groups (broad SMARTS) is 2. The van der Waals surface area contributed by atoms with E-state index in [0.29, 0.717) is 29.7 Å². The van der Waals surface area contributed by atoms with Crippen molar-refractivity contribution in [1.29, 1.82) is 10.8 Å². The number of guanidine groups is 2. The van der Waals surface area contributed by atoms with Crippen molar-refractivity contribution in [2.24, 2.45) is 46.2 Å². The van der Waals surface area contributed by atoms with Crippen molar-refractivity contribution in [3.05, 3.63) is 59.7 Å². The van der Waals surface area contributed by atoms with Crippen LogP contribution in [0.3, 0.4) is 0 Å². The lowest BCUT2D eigenvalue weighted by molar-refractivity contribution is -0.143. The lowest BCUT2D eigenvalue weighted by Gasteiger charge is -2.29. The first kappa shape index (κ1) is 120. The van der Waals surface area contributed by atoms with Gasteiger partial charge in [-0.1, -0.05) is 52.0 Å². The van der Waals surface area contributed by atoms with Gasteiger partial charge in [-0.2, -0.15) is 23.5 Å². The van der Waals surface area contributed by atoms with Crippen LogP contribution in [0.15, 0.2) is 48.5 Å². The van der Waals surface area contributed by atoms with Crippen molar-refractivity contribution >= 4 is 142 Å². The first-order valence-corrected chi connectivity index (χ1v) is 47.4. The lowest BCUT2D eigenvalue weighted by atomic mass is 10.0. The molecule has 0 saturated carbocycles. The molecule has 51 heteroatoms. The van der Waals surface area contributed by atoms with Crippen LogP contribution in [0.5, 0.6) is 11.5 Å². The fraction of sp³-hybridized carbons (Fsp3) is 0.624. The second-order valence-electron chi connectivity index (χ2n) is 33.3. The highest BCUT2D eigenvalue weighted by Gasteiger charge is 2.40. The molecule has 2 aromatic rings. The molecule has 0 unspecified atom stereocenters. The van der Waals surface area contributed by atoms with Crippen LogP contribution in [-0.2, 0) is 99.1 Å². The molecule has 2 aromatic carbocycles. The molecule has 2 rings (SSSR count). The Morgan fingerprint density at radius 1 is 0.382 bits per heavy atom. The normalized spacial score (nSPS) is 14.6. The summed E-state index contributed by atoms with van der Waals surface area (Å²) in [4.78, 5) is 250. The van der Waals surface area contributed by atoms with Crippen molar-refractivity contribution in [3.63, 3.8) is 0 Å². The third kappa shape index (κ3) is 48.1. The molecule has 0 bridgehead atoms. The van der Waals surface area contributed by atoms with E-state index in [2.05, 4.69) is 90.4 Å². The zero-order valence-electron chi connectivity index (χ0n) is 77.9. The van der Waals surface area contributed by atoms with Crippen LogP contribution in [0, 0.1) is 22.7 Å². The highest BCUT2D eigenvalue weighted by Crippen LogP contribution is 2.18. The minimum absolute atomic E-state index is 0.00246. The largest absolute Gasteiger partial charge is 0.508 e. The van der Waals surface area contributed by atoms with E-state index in [1.54, 1.807) is 34.0 Å². The maximum atomic E-state index is 14.6. The average molecular weight is 1960 g/mol. The topological polar surface area (TPSA) is 837 Å². The van der Waals surface area contributed by atoms with Crippen LogP contribution in [0.25, 0.3) is 0 Å². The van der Waals surface area contributed by atoms with Gasteiger partial charge in [-0.25, -0.2) is 4.79 Å².